The molecule has 9 heteroatoms. The van der Waals surface area contributed by atoms with Crippen LogP contribution in [-0.2, 0) is 16.0 Å². The maximum atomic E-state index is 12.2. The van der Waals surface area contributed by atoms with Gasteiger partial charge in [-0.15, -0.1) is 23.2 Å². The van der Waals surface area contributed by atoms with Gasteiger partial charge in [0.05, 0.1) is 6.10 Å². The molecule has 0 aromatic heterocycles. The smallest absolute Gasteiger partial charge is 0.407 e. The molecule has 0 spiro atoms. The fourth-order valence-corrected chi connectivity index (χ4v) is 9.79. The van der Waals surface area contributed by atoms with E-state index >= 15 is 0 Å². The summed E-state index contributed by atoms with van der Waals surface area (Å²) in [6.45, 7) is 6.43. The zero-order chi connectivity index (χ0) is 34.6. The first kappa shape index (κ1) is 38.2. The summed E-state index contributed by atoms with van der Waals surface area (Å²) in [5, 5.41) is 17.3. The number of carbonyl (C=O) groups is 2. The summed E-state index contributed by atoms with van der Waals surface area (Å²) in [7, 11) is 0. The van der Waals surface area contributed by atoms with Gasteiger partial charge in [-0.25, -0.2) is 4.79 Å². The highest BCUT2D eigenvalue weighted by Crippen LogP contribution is 2.62. The van der Waals surface area contributed by atoms with Crippen LogP contribution < -0.4 is 15.5 Å². The lowest BCUT2D eigenvalue weighted by Gasteiger charge is -2.52. The lowest BCUT2D eigenvalue weighted by Crippen LogP contribution is -2.45. The molecule has 3 N–H and O–H groups in total. The number of aliphatic hydroxyl groups is 1. The number of halogens is 2. The number of nitrogens with one attached hydrogen (secondary N) is 2. The van der Waals surface area contributed by atoms with Gasteiger partial charge in [-0.2, -0.15) is 0 Å². The lowest BCUT2D eigenvalue weighted by molar-refractivity contribution is -0.114. The number of ketones is 1. The molecule has 7 nitrogen and oxygen atoms in total. The van der Waals surface area contributed by atoms with Gasteiger partial charge >= 0.3 is 6.09 Å². The van der Waals surface area contributed by atoms with Crippen LogP contribution in [0.5, 0.6) is 0 Å². The maximum Gasteiger partial charge on any atom is 0.407 e. The molecule has 4 aliphatic carbocycles. The molecule has 272 valence electrons. The third kappa shape index (κ3) is 10.1. The summed E-state index contributed by atoms with van der Waals surface area (Å²) in [4.78, 5) is 26.5. The Hall–Kier alpha value is -2.06. The number of fused-ring (bicyclic) bond motifs is 4. The second kappa shape index (κ2) is 19.0. The summed E-state index contributed by atoms with van der Waals surface area (Å²) in [5.74, 6) is 3.16. The summed E-state index contributed by atoms with van der Waals surface area (Å²) < 4.78 is 5.34. The zero-order valence-electron chi connectivity index (χ0n) is 29.6. The molecule has 5 rings (SSSR count). The van der Waals surface area contributed by atoms with E-state index in [4.69, 9.17) is 27.9 Å². The number of rotatable bonds is 19. The number of anilines is 1. The lowest BCUT2D eigenvalue weighted by atomic mass is 9.53. The van der Waals surface area contributed by atoms with Crippen molar-refractivity contribution in [2.45, 2.75) is 103 Å². The first-order valence-corrected chi connectivity index (χ1v) is 20.1. The van der Waals surface area contributed by atoms with Crippen molar-refractivity contribution in [1.82, 2.24) is 10.6 Å². The van der Waals surface area contributed by atoms with Crippen molar-refractivity contribution in [3.05, 3.63) is 52.6 Å². The molecule has 0 bridgehead atoms. The highest BCUT2D eigenvalue weighted by Gasteiger charge is 2.55. The molecule has 2 saturated carbocycles. The minimum absolute atomic E-state index is 0.0409. The van der Waals surface area contributed by atoms with Crippen LogP contribution >= 0.6 is 23.2 Å². The van der Waals surface area contributed by atoms with E-state index in [1.165, 1.54) is 42.4 Å². The fraction of sp³-hybridized carbons (Fsp3) is 0.700. The van der Waals surface area contributed by atoms with Gasteiger partial charge in [-0.1, -0.05) is 43.9 Å². The Morgan fingerprint density at radius 2 is 1.73 bits per heavy atom. The van der Waals surface area contributed by atoms with Crippen LogP contribution in [0.2, 0.25) is 0 Å². The average molecular weight is 717 g/mol. The third-order valence-corrected chi connectivity index (χ3v) is 12.2. The van der Waals surface area contributed by atoms with E-state index < -0.39 is 0 Å². The summed E-state index contributed by atoms with van der Waals surface area (Å²) >= 11 is 11.8. The molecular weight excluding hydrogens is 657 g/mol. The Morgan fingerprint density at radius 1 is 0.959 bits per heavy atom. The fourth-order valence-electron chi connectivity index (χ4n) is 9.38. The molecule has 5 atom stereocenters. The summed E-state index contributed by atoms with van der Waals surface area (Å²) in [5.41, 5.74) is 6.94. The molecule has 1 aromatic carbocycles. The quantitative estimate of drug-likeness (QED) is 0.0995. The molecule has 1 aromatic rings. The van der Waals surface area contributed by atoms with E-state index in [1.54, 1.807) is 5.57 Å². The number of benzene rings is 1. The van der Waals surface area contributed by atoms with Gasteiger partial charge in [0.25, 0.3) is 0 Å². The Kier molecular flexibility index (Phi) is 14.8. The highest BCUT2D eigenvalue weighted by molar-refractivity contribution is 6.18. The second-order valence-corrected chi connectivity index (χ2v) is 15.7. The van der Waals surface area contributed by atoms with Crippen molar-refractivity contribution in [2.24, 2.45) is 23.2 Å². The monoisotopic (exact) mass is 715 g/mol. The molecule has 4 aliphatic rings. The molecule has 49 heavy (non-hydrogen) atoms. The predicted molar refractivity (Wildman–Crippen MR) is 201 cm³/mol. The predicted octanol–water partition coefficient (Wildman–Crippen LogP) is 7.96. The molecule has 0 heterocycles. The van der Waals surface area contributed by atoms with Gasteiger partial charge < -0.3 is 25.4 Å². The van der Waals surface area contributed by atoms with Gasteiger partial charge in [0.2, 0.25) is 0 Å². The number of nitrogens with zero attached hydrogens (tertiary/aromatic N) is 1. The van der Waals surface area contributed by atoms with Crippen LogP contribution in [0.4, 0.5) is 10.5 Å². The average Bonchev–Trinajstić information content (AvgIpc) is 3.40. The van der Waals surface area contributed by atoms with Crippen LogP contribution in [0.25, 0.3) is 0 Å². The number of alkyl halides is 2. The first-order chi connectivity index (χ1) is 23.8. The van der Waals surface area contributed by atoms with E-state index in [0.29, 0.717) is 61.4 Å². The summed E-state index contributed by atoms with van der Waals surface area (Å²) in [6.07, 6.45) is 16.0. The van der Waals surface area contributed by atoms with Crippen LogP contribution in [0, 0.1) is 23.2 Å². The Labute approximate surface area is 304 Å². The van der Waals surface area contributed by atoms with E-state index in [-0.39, 0.29) is 17.6 Å². The number of hydrogen-bond acceptors (Lipinski definition) is 6. The number of carbonyl (C=O) groups excluding carboxylic acids is 2. The number of allylic oxidation sites excluding steroid dienone is 4. The number of aliphatic hydroxyl groups excluding tert-OH is 1. The van der Waals surface area contributed by atoms with Crippen molar-refractivity contribution in [3.63, 3.8) is 0 Å². The molecule has 2 fully saturated rings. The Bertz CT molecular complexity index is 1290. The van der Waals surface area contributed by atoms with E-state index in [1.807, 2.05) is 6.08 Å². The standard InChI is InChI=1S/C40H59Cl2N3O4/c1-40-28-31(38-34-16-14-33(46)27-30(34)11-15-35(38)36(40)17-18-37(40)47)8-4-2-3-5-21-43-23-26-49-39(48)44-22-6-7-29-9-12-32(13-10-29)45(24-19-41)25-20-42/h9-10,12-13,27,31,35-37,43,47H,2-8,11,14-26,28H2,1H3,(H,44,48)/t31-,35?,36?,37+,40-/m0/s1. The number of ether oxygens (including phenoxy) is 1. The van der Waals surface area contributed by atoms with E-state index in [9.17, 15) is 14.7 Å². The Balaban J connectivity index is 0.922. The Morgan fingerprint density at radius 3 is 2.51 bits per heavy atom. The topological polar surface area (TPSA) is 90.9 Å². The van der Waals surface area contributed by atoms with Crippen LogP contribution in [0.1, 0.15) is 96.0 Å². The minimum atomic E-state index is -0.360. The molecule has 0 aliphatic heterocycles. The highest BCUT2D eigenvalue weighted by atomic mass is 35.5. The SMILES string of the molecule is C[C@]12C[C@H](CCCCCCNCCOC(=O)NCCCc3ccc(N(CCCl)CCCl)cc3)C3=C4CCC(=O)C=C4CCC3C1CC[C@H]2O. The molecular formula is C40H59Cl2N3O4. The van der Waals surface area contributed by atoms with Crippen LogP contribution in [0.15, 0.2) is 47.1 Å². The van der Waals surface area contributed by atoms with Crippen LogP contribution in [0.3, 0.4) is 0 Å². The second-order valence-electron chi connectivity index (χ2n) is 15.0. The van der Waals surface area contributed by atoms with Crippen molar-refractivity contribution in [2.75, 3.05) is 56.0 Å². The van der Waals surface area contributed by atoms with Crippen molar-refractivity contribution in [1.29, 1.82) is 0 Å². The van der Waals surface area contributed by atoms with Gasteiger partial charge in [0, 0.05) is 50.0 Å². The molecule has 0 saturated heterocycles. The van der Waals surface area contributed by atoms with Crippen molar-refractivity contribution in [3.8, 4) is 0 Å². The molecule has 2 unspecified atom stereocenters. The van der Waals surface area contributed by atoms with Crippen molar-refractivity contribution >= 4 is 40.8 Å². The number of amides is 1. The van der Waals surface area contributed by atoms with Gasteiger partial charge in [0.15, 0.2) is 5.78 Å². The molecule has 0 radical (unpaired) electrons. The largest absolute Gasteiger partial charge is 0.448 e. The summed E-state index contributed by atoms with van der Waals surface area (Å²) in [6, 6.07) is 8.46. The first-order valence-electron chi connectivity index (χ1n) is 19.1. The minimum Gasteiger partial charge on any atom is -0.448 e. The normalized spacial score (nSPS) is 26.1. The zero-order valence-corrected chi connectivity index (χ0v) is 31.1. The number of hydrogen-bond donors (Lipinski definition) is 3. The van der Waals surface area contributed by atoms with Gasteiger partial charge in [0.1, 0.15) is 6.61 Å². The van der Waals surface area contributed by atoms with E-state index in [2.05, 4.69) is 46.7 Å². The number of aryl methyl sites for hydroxylation is 1. The van der Waals surface area contributed by atoms with E-state index in [0.717, 1.165) is 83.1 Å². The number of unbranched alkanes of at least 4 members (excludes halogenated alkanes) is 3. The van der Waals surface area contributed by atoms with Crippen LogP contribution in [-0.4, -0.2) is 74.2 Å². The molecule has 1 amide bonds. The number of alkyl carbamates (subject to hydrolysis) is 1. The van der Waals surface area contributed by atoms with Gasteiger partial charge in [-0.05, 0) is 129 Å². The third-order valence-electron chi connectivity index (χ3n) is 11.9. The van der Waals surface area contributed by atoms with Gasteiger partial charge in [-0.3, -0.25) is 4.79 Å². The van der Waals surface area contributed by atoms with Crippen molar-refractivity contribution < 1.29 is 19.4 Å². The maximum absolute atomic E-state index is 12.2.